The maximum Gasteiger partial charge on any atom is 0.244 e. The van der Waals surface area contributed by atoms with E-state index in [9.17, 15) is 4.79 Å². The maximum atomic E-state index is 12.7. The molecule has 1 aromatic carbocycles. The van der Waals surface area contributed by atoms with Gasteiger partial charge in [0.1, 0.15) is 6.04 Å². The predicted octanol–water partition coefficient (Wildman–Crippen LogP) is 2.13. The van der Waals surface area contributed by atoms with Crippen molar-refractivity contribution in [2.45, 2.75) is 32.2 Å². The summed E-state index contributed by atoms with van der Waals surface area (Å²) in [6, 6.07) is 8.20. The van der Waals surface area contributed by atoms with Crippen molar-refractivity contribution in [2.24, 2.45) is 5.92 Å². The molecule has 1 heterocycles. The third-order valence-corrected chi connectivity index (χ3v) is 4.22. The molecule has 1 amide bonds. The largest absolute Gasteiger partial charge is 0.341 e. The van der Waals surface area contributed by atoms with Gasteiger partial charge in [-0.2, -0.15) is 0 Å². The summed E-state index contributed by atoms with van der Waals surface area (Å²) in [7, 11) is 0. The van der Waals surface area contributed by atoms with Crippen molar-refractivity contribution >= 4 is 5.91 Å². The van der Waals surface area contributed by atoms with Crippen LogP contribution in [-0.4, -0.2) is 30.4 Å². The van der Waals surface area contributed by atoms with E-state index in [4.69, 9.17) is 0 Å². The maximum absolute atomic E-state index is 12.7. The first-order valence-corrected chi connectivity index (χ1v) is 7.39. The Labute approximate surface area is 115 Å². The lowest BCUT2D eigenvalue weighted by molar-refractivity contribution is -0.133. The molecular formula is C16H22N2O. The second-order valence-corrected chi connectivity index (χ2v) is 5.66. The zero-order valence-electron chi connectivity index (χ0n) is 11.6. The summed E-state index contributed by atoms with van der Waals surface area (Å²) < 4.78 is 0. The normalized spacial score (nSPS) is 21.8. The van der Waals surface area contributed by atoms with E-state index in [1.54, 1.807) is 0 Å². The fourth-order valence-corrected chi connectivity index (χ4v) is 2.89. The van der Waals surface area contributed by atoms with E-state index >= 15 is 0 Å². The lowest BCUT2D eigenvalue weighted by Crippen LogP contribution is -2.44. The number of carbonyl (C=O) groups is 1. The Hall–Kier alpha value is -1.35. The summed E-state index contributed by atoms with van der Waals surface area (Å²) in [5, 5.41) is 3.39. The van der Waals surface area contributed by atoms with Gasteiger partial charge in [0.15, 0.2) is 0 Å². The number of hydrogen-bond acceptors (Lipinski definition) is 2. The first-order valence-electron chi connectivity index (χ1n) is 7.39. The molecule has 0 spiro atoms. The lowest BCUT2D eigenvalue weighted by Gasteiger charge is -2.31. The molecule has 102 valence electrons. The summed E-state index contributed by atoms with van der Waals surface area (Å²) in [4.78, 5) is 14.7. The standard InChI is InChI=1S/C16H22N2O/c1-2-18(11-12-7-8-12)16(19)15-14-6-4-3-5-13(14)9-10-17-15/h3-6,12,15,17H,2,7-11H2,1H3. The molecule has 1 N–H and O–H groups in total. The van der Waals surface area contributed by atoms with E-state index < -0.39 is 0 Å². The summed E-state index contributed by atoms with van der Waals surface area (Å²) in [6.45, 7) is 4.73. The number of benzene rings is 1. The van der Waals surface area contributed by atoms with E-state index in [0.717, 1.165) is 32.0 Å². The van der Waals surface area contributed by atoms with Crippen molar-refractivity contribution in [3.63, 3.8) is 0 Å². The molecule has 3 rings (SSSR count). The van der Waals surface area contributed by atoms with Crippen LogP contribution in [0.1, 0.15) is 36.9 Å². The van der Waals surface area contributed by atoms with Gasteiger partial charge in [0, 0.05) is 19.6 Å². The number of nitrogens with zero attached hydrogens (tertiary/aromatic N) is 1. The second kappa shape index (κ2) is 5.33. The van der Waals surface area contributed by atoms with Crippen molar-refractivity contribution < 1.29 is 4.79 Å². The van der Waals surface area contributed by atoms with E-state index in [1.165, 1.54) is 24.0 Å². The molecule has 0 aromatic heterocycles. The fraction of sp³-hybridized carbons (Fsp3) is 0.562. The van der Waals surface area contributed by atoms with Gasteiger partial charge in [-0.05, 0) is 43.2 Å². The predicted molar refractivity (Wildman–Crippen MR) is 75.9 cm³/mol. The van der Waals surface area contributed by atoms with Gasteiger partial charge in [0.2, 0.25) is 5.91 Å². The summed E-state index contributed by atoms with van der Waals surface area (Å²) in [5.41, 5.74) is 2.50. The Morgan fingerprint density at radius 2 is 2.16 bits per heavy atom. The summed E-state index contributed by atoms with van der Waals surface area (Å²) >= 11 is 0. The minimum Gasteiger partial charge on any atom is -0.341 e. The molecule has 0 bridgehead atoms. The summed E-state index contributed by atoms with van der Waals surface area (Å²) in [5.74, 6) is 1.00. The number of likely N-dealkylation sites (N-methyl/N-ethyl adjacent to an activating group) is 1. The first-order chi connectivity index (χ1) is 9.29. The Morgan fingerprint density at radius 3 is 2.89 bits per heavy atom. The monoisotopic (exact) mass is 258 g/mol. The highest BCUT2D eigenvalue weighted by molar-refractivity contribution is 5.84. The Kier molecular flexibility index (Phi) is 3.56. The fourth-order valence-electron chi connectivity index (χ4n) is 2.89. The molecule has 1 aliphatic carbocycles. The lowest BCUT2D eigenvalue weighted by atomic mass is 9.93. The highest BCUT2D eigenvalue weighted by Gasteiger charge is 2.32. The van der Waals surface area contributed by atoms with Crippen LogP contribution >= 0.6 is 0 Å². The average molecular weight is 258 g/mol. The molecule has 3 nitrogen and oxygen atoms in total. The van der Waals surface area contributed by atoms with Crippen LogP contribution in [0.5, 0.6) is 0 Å². The van der Waals surface area contributed by atoms with Crippen LogP contribution in [0.25, 0.3) is 0 Å². The van der Waals surface area contributed by atoms with Gasteiger partial charge >= 0.3 is 0 Å². The molecule has 1 saturated carbocycles. The van der Waals surface area contributed by atoms with E-state index in [-0.39, 0.29) is 11.9 Å². The Bertz CT molecular complexity index is 468. The molecule has 1 fully saturated rings. The number of carbonyl (C=O) groups excluding carboxylic acids is 1. The zero-order chi connectivity index (χ0) is 13.2. The second-order valence-electron chi connectivity index (χ2n) is 5.66. The number of nitrogens with one attached hydrogen (secondary N) is 1. The van der Waals surface area contributed by atoms with Crippen molar-refractivity contribution in [3.8, 4) is 0 Å². The molecule has 1 atom stereocenters. The molecule has 0 saturated heterocycles. The van der Waals surface area contributed by atoms with Crippen molar-refractivity contribution in [1.82, 2.24) is 10.2 Å². The molecule has 3 heteroatoms. The third-order valence-electron chi connectivity index (χ3n) is 4.22. The SMILES string of the molecule is CCN(CC1CC1)C(=O)C1NCCc2ccccc21. The van der Waals surface area contributed by atoms with Crippen molar-refractivity contribution in [1.29, 1.82) is 0 Å². The average Bonchev–Trinajstić information content (AvgIpc) is 3.27. The van der Waals surface area contributed by atoms with Gasteiger partial charge in [-0.1, -0.05) is 24.3 Å². The van der Waals surface area contributed by atoms with E-state index in [1.807, 2.05) is 11.0 Å². The number of fused-ring (bicyclic) bond motifs is 1. The van der Waals surface area contributed by atoms with E-state index in [2.05, 4.69) is 30.4 Å². The molecule has 1 aliphatic heterocycles. The Balaban J connectivity index is 1.79. The highest BCUT2D eigenvalue weighted by Crippen LogP contribution is 2.31. The van der Waals surface area contributed by atoms with Crippen molar-refractivity contribution in [2.75, 3.05) is 19.6 Å². The van der Waals surface area contributed by atoms with Gasteiger partial charge in [-0.3, -0.25) is 4.79 Å². The van der Waals surface area contributed by atoms with Gasteiger partial charge in [-0.15, -0.1) is 0 Å². The van der Waals surface area contributed by atoms with Crippen LogP contribution in [0.4, 0.5) is 0 Å². The van der Waals surface area contributed by atoms with Gasteiger partial charge in [0.05, 0.1) is 0 Å². The van der Waals surface area contributed by atoms with Crippen LogP contribution in [0.3, 0.4) is 0 Å². The molecule has 0 radical (unpaired) electrons. The van der Waals surface area contributed by atoms with Crippen LogP contribution < -0.4 is 5.32 Å². The molecule has 1 unspecified atom stereocenters. The third kappa shape index (κ3) is 2.66. The minimum atomic E-state index is -0.136. The van der Waals surface area contributed by atoms with E-state index in [0.29, 0.717) is 0 Å². The molecular weight excluding hydrogens is 236 g/mol. The van der Waals surface area contributed by atoms with Gasteiger partial charge in [0.25, 0.3) is 0 Å². The first kappa shape index (κ1) is 12.7. The number of rotatable bonds is 4. The quantitative estimate of drug-likeness (QED) is 0.897. The minimum absolute atomic E-state index is 0.136. The van der Waals surface area contributed by atoms with Gasteiger partial charge < -0.3 is 10.2 Å². The smallest absolute Gasteiger partial charge is 0.244 e. The zero-order valence-corrected chi connectivity index (χ0v) is 11.6. The topological polar surface area (TPSA) is 32.3 Å². The summed E-state index contributed by atoms with van der Waals surface area (Å²) in [6.07, 6.45) is 3.60. The van der Waals surface area contributed by atoms with Crippen LogP contribution in [-0.2, 0) is 11.2 Å². The van der Waals surface area contributed by atoms with Crippen LogP contribution in [0.2, 0.25) is 0 Å². The molecule has 2 aliphatic rings. The number of hydrogen-bond donors (Lipinski definition) is 1. The Morgan fingerprint density at radius 1 is 1.37 bits per heavy atom. The van der Waals surface area contributed by atoms with Crippen molar-refractivity contribution in [3.05, 3.63) is 35.4 Å². The molecule has 1 aromatic rings. The van der Waals surface area contributed by atoms with Gasteiger partial charge in [-0.25, -0.2) is 0 Å². The highest BCUT2D eigenvalue weighted by atomic mass is 16.2. The molecule has 19 heavy (non-hydrogen) atoms. The van der Waals surface area contributed by atoms with Crippen LogP contribution in [0.15, 0.2) is 24.3 Å². The van der Waals surface area contributed by atoms with Crippen LogP contribution in [0, 0.1) is 5.92 Å². The number of amides is 1.